The lowest BCUT2D eigenvalue weighted by Crippen LogP contribution is -2.38. The van der Waals surface area contributed by atoms with Crippen LogP contribution in [0.2, 0.25) is 0 Å². The molecular weight excluding hydrogens is 498 g/mol. The Labute approximate surface area is 226 Å². The van der Waals surface area contributed by atoms with Gasteiger partial charge in [-0.25, -0.2) is 4.68 Å². The standard InChI is InChI=1S/C29H29N5O5/c1-4-18-32(29(36)22-10-12-24(13-11-22)34(37)38)19-26(35)30-28-27(21-8-6-5-7-9-21)20(2)31-33(28)23-14-16-25(39-3)17-15-23/h5-17H,4,18-19H2,1-3H3,(H,30,35). The van der Waals surface area contributed by atoms with E-state index in [1.165, 1.54) is 29.2 Å². The fraction of sp³-hybridized carbons (Fsp3) is 0.207. The topological polar surface area (TPSA) is 120 Å². The maximum absolute atomic E-state index is 13.4. The van der Waals surface area contributed by atoms with Crippen LogP contribution in [-0.2, 0) is 4.79 Å². The van der Waals surface area contributed by atoms with Crippen molar-refractivity contribution in [3.8, 4) is 22.6 Å². The number of hydrogen-bond acceptors (Lipinski definition) is 6. The Morgan fingerprint density at radius 3 is 2.28 bits per heavy atom. The van der Waals surface area contributed by atoms with Gasteiger partial charge < -0.3 is 15.0 Å². The number of amides is 2. The second-order valence-electron chi connectivity index (χ2n) is 8.86. The van der Waals surface area contributed by atoms with Gasteiger partial charge in [-0.1, -0.05) is 37.3 Å². The van der Waals surface area contributed by atoms with Crippen LogP contribution in [0.1, 0.15) is 29.4 Å². The zero-order valence-corrected chi connectivity index (χ0v) is 22.0. The van der Waals surface area contributed by atoms with Gasteiger partial charge in [0.1, 0.15) is 18.1 Å². The van der Waals surface area contributed by atoms with Crippen molar-refractivity contribution in [3.05, 3.63) is 100 Å². The van der Waals surface area contributed by atoms with Crippen LogP contribution in [0.15, 0.2) is 78.9 Å². The molecule has 200 valence electrons. The highest BCUT2D eigenvalue weighted by Crippen LogP contribution is 2.33. The molecule has 4 aromatic rings. The normalized spacial score (nSPS) is 10.6. The molecule has 0 aliphatic heterocycles. The first-order chi connectivity index (χ1) is 18.8. The van der Waals surface area contributed by atoms with Gasteiger partial charge in [-0.05, 0) is 55.3 Å². The fourth-order valence-electron chi connectivity index (χ4n) is 4.28. The van der Waals surface area contributed by atoms with Crippen molar-refractivity contribution in [3.63, 3.8) is 0 Å². The third-order valence-electron chi connectivity index (χ3n) is 6.14. The van der Waals surface area contributed by atoms with Gasteiger partial charge in [0.15, 0.2) is 0 Å². The van der Waals surface area contributed by atoms with Crippen LogP contribution in [0.4, 0.5) is 11.5 Å². The zero-order valence-electron chi connectivity index (χ0n) is 22.0. The predicted molar refractivity (Wildman–Crippen MR) is 148 cm³/mol. The number of nitro groups is 1. The van der Waals surface area contributed by atoms with Crippen LogP contribution in [0.5, 0.6) is 5.75 Å². The third kappa shape index (κ3) is 6.12. The Morgan fingerprint density at radius 2 is 1.69 bits per heavy atom. The predicted octanol–water partition coefficient (Wildman–Crippen LogP) is 5.26. The lowest BCUT2D eigenvalue weighted by atomic mass is 10.1. The van der Waals surface area contributed by atoms with Gasteiger partial charge in [-0.15, -0.1) is 0 Å². The summed E-state index contributed by atoms with van der Waals surface area (Å²) < 4.78 is 6.94. The number of non-ortho nitro benzene ring substituents is 1. The molecule has 0 saturated carbocycles. The summed E-state index contributed by atoms with van der Waals surface area (Å²) in [5.74, 6) is 0.389. The van der Waals surface area contributed by atoms with Crippen LogP contribution in [0.3, 0.4) is 0 Å². The Balaban J connectivity index is 1.65. The Hall–Kier alpha value is -4.99. The van der Waals surface area contributed by atoms with E-state index in [2.05, 4.69) is 5.32 Å². The molecule has 0 unspecified atom stereocenters. The van der Waals surface area contributed by atoms with E-state index < -0.39 is 10.8 Å². The number of carbonyl (C=O) groups is 2. The van der Waals surface area contributed by atoms with Crippen LogP contribution < -0.4 is 10.1 Å². The summed E-state index contributed by atoms with van der Waals surface area (Å²) in [6.45, 7) is 3.92. The number of nitrogens with zero attached hydrogens (tertiary/aromatic N) is 4. The van der Waals surface area contributed by atoms with Gasteiger partial charge in [0, 0.05) is 29.8 Å². The molecule has 3 aromatic carbocycles. The smallest absolute Gasteiger partial charge is 0.269 e. The number of ether oxygens (including phenoxy) is 1. The molecule has 1 N–H and O–H groups in total. The van der Waals surface area contributed by atoms with Gasteiger partial charge in [0.25, 0.3) is 11.6 Å². The van der Waals surface area contributed by atoms with Crippen LogP contribution in [-0.4, -0.2) is 51.6 Å². The number of hydrogen-bond donors (Lipinski definition) is 1. The number of aromatic nitrogens is 2. The van der Waals surface area contributed by atoms with E-state index in [0.29, 0.717) is 24.5 Å². The van der Waals surface area contributed by atoms with Crippen LogP contribution in [0, 0.1) is 17.0 Å². The Kier molecular flexibility index (Phi) is 8.35. The number of nitrogens with one attached hydrogen (secondary N) is 1. The first-order valence-corrected chi connectivity index (χ1v) is 12.5. The van der Waals surface area contributed by atoms with Gasteiger partial charge in [0.2, 0.25) is 5.91 Å². The molecule has 0 saturated heterocycles. The van der Waals surface area contributed by atoms with Crippen molar-refractivity contribution >= 4 is 23.3 Å². The minimum Gasteiger partial charge on any atom is -0.497 e. The van der Waals surface area contributed by atoms with E-state index in [0.717, 1.165) is 22.5 Å². The largest absolute Gasteiger partial charge is 0.497 e. The second-order valence-corrected chi connectivity index (χ2v) is 8.86. The van der Waals surface area contributed by atoms with Crippen molar-refractivity contribution in [1.82, 2.24) is 14.7 Å². The summed E-state index contributed by atoms with van der Waals surface area (Å²) in [4.78, 5) is 38.5. The summed E-state index contributed by atoms with van der Waals surface area (Å²) in [6.07, 6.45) is 0.629. The quantitative estimate of drug-likeness (QED) is 0.222. The summed E-state index contributed by atoms with van der Waals surface area (Å²) in [6, 6.07) is 22.3. The summed E-state index contributed by atoms with van der Waals surface area (Å²) in [7, 11) is 1.59. The number of aryl methyl sites for hydroxylation is 1. The summed E-state index contributed by atoms with van der Waals surface area (Å²) in [5, 5.41) is 18.7. The highest BCUT2D eigenvalue weighted by Gasteiger charge is 2.23. The van der Waals surface area contributed by atoms with Crippen molar-refractivity contribution < 1.29 is 19.2 Å². The molecule has 0 bridgehead atoms. The molecule has 1 heterocycles. The van der Waals surface area contributed by atoms with Gasteiger partial charge in [-0.3, -0.25) is 19.7 Å². The van der Waals surface area contributed by atoms with E-state index in [1.54, 1.807) is 11.8 Å². The number of carbonyl (C=O) groups excluding carboxylic acids is 2. The minimum atomic E-state index is -0.524. The van der Waals surface area contributed by atoms with Crippen molar-refractivity contribution in [2.45, 2.75) is 20.3 Å². The molecule has 39 heavy (non-hydrogen) atoms. The summed E-state index contributed by atoms with van der Waals surface area (Å²) >= 11 is 0. The molecule has 0 atom stereocenters. The minimum absolute atomic E-state index is 0.109. The number of rotatable bonds is 10. The van der Waals surface area contributed by atoms with E-state index in [9.17, 15) is 19.7 Å². The van der Waals surface area contributed by atoms with Crippen molar-refractivity contribution in [2.75, 3.05) is 25.5 Å². The van der Waals surface area contributed by atoms with Gasteiger partial charge in [0.05, 0.1) is 23.4 Å². The number of benzene rings is 3. The van der Waals surface area contributed by atoms with Crippen molar-refractivity contribution in [1.29, 1.82) is 0 Å². The van der Waals surface area contributed by atoms with E-state index in [1.807, 2.05) is 68.4 Å². The summed E-state index contributed by atoms with van der Waals surface area (Å²) in [5.41, 5.74) is 3.26. The molecule has 0 spiro atoms. The molecule has 0 fully saturated rings. The SMILES string of the molecule is CCCN(CC(=O)Nc1c(-c2ccccc2)c(C)nn1-c1ccc(OC)cc1)C(=O)c1ccc([N+](=O)[O-])cc1. The average molecular weight is 528 g/mol. The second kappa shape index (κ2) is 12.0. The lowest BCUT2D eigenvalue weighted by molar-refractivity contribution is -0.384. The maximum atomic E-state index is 13.4. The van der Waals surface area contributed by atoms with Crippen LogP contribution in [0.25, 0.3) is 16.8 Å². The molecule has 4 rings (SSSR count). The molecule has 10 heteroatoms. The highest BCUT2D eigenvalue weighted by atomic mass is 16.6. The zero-order chi connectivity index (χ0) is 27.9. The molecular formula is C29H29N5O5. The Bertz CT molecular complexity index is 1460. The molecule has 10 nitrogen and oxygen atoms in total. The average Bonchev–Trinajstić information content (AvgIpc) is 3.28. The van der Waals surface area contributed by atoms with Crippen LogP contribution >= 0.6 is 0 Å². The van der Waals surface area contributed by atoms with E-state index in [4.69, 9.17) is 9.84 Å². The van der Waals surface area contributed by atoms with Gasteiger partial charge >= 0.3 is 0 Å². The molecule has 0 radical (unpaired) electrons. The molecule has 1 aromatic heterocycles. The van der Waals surface area contributed by atoms with Gasteiger partial charge in [-0.2, -0.15) is 5.10 Å². The lowest BCUT2D eigenvalue weighted by Gasteiger charge is -2.22. The number of anilines is 1. The fourth-order valence-corrected chi connectivity index (χ4v) is 4.28. The monoisotopic (exact) mass is 527 g/mol. The Morgan fingerprint density at radius 1 is 1.03 bits per heavy atom. The molecule has 2 amide bonds. The van der Waals surface area contributed by atoms with E-state index in [-0.39, 0.29) is 23.7 Å². The molecule has 0 aliphatic carbocycles. The number of nitro benzene ring substituents is 1. The third-order valence-corrected chi connectivity index (χ3v) is 6.14. The first-order valence-electron chi connectivity index (χ1n) is 12.5. The van der Waals surface area contributed by atoms with Crippen molar-refractivity contribution in [2.24, 2.45) is 0 Å². The first kappa shape index (κ1) is 27.1. The van der Waals surface area contributed by atoms with E-state index >= 15 is 0 Å². The highest BCUT2D eigenvalue weighted by molar-refractivity contribution is 6.01. The maximum Gasteiger partial charge on any atom is 0.269 e. The number of methoxy groups -OCH3 is 1. The molecule has 0 aliphatic rings.